The number of hydrogen-bond donors (Lipinski definition) is 2. The Hall–Kier alpha value is -0.460. The number of hydrogen-bond acceptors (Lipinski definition) is 4. The number of nitrogens with one attached hydrogen (secondary N) is 1. The first kappa shape index (κ1) is 13.0. The van der Waals surface area contributed by atoms with Crippen LogP contribution in [0.1, 0.15) is 16.5 Å². The number of hydrazine groups is 1. The Labute approximate surface area is 117 Å². The zero-order chi connectivity index (χ0) is 12.3. The van der Waals surface area contributed by atoms with Gasteiger partial charge in [-0.25, -0.2) is 0 Å². The lowest BCUT2D eigenvalue weighted by Crippen LogP contribution is -2.29. The van der Waals surface area contributed by atoms with Crippen molar-refractivity contribution in [1.82, 2.24) is 10.4 Å². The number of rotatable bonds is 4. The molecule has 3 nitrogen and oxygen atoms in total. The molecule has 0 amide bonds. The molecular formula is C11H11BrClN3S. The van der Waals surface area contributed by atoms with Crippen molar-refractivity contribution >= 4 is 38.9 Å². The minimum absolute atomic E-state index is 0.0135. The second-order valence-electron chi connectivity index (χ2n) is 3.56. The van der Waals surface area contributed by atoms with E-state index in [1.165, 1.54) is 4.88 Å². The Morgan fingerprint density at radius 1 is 1.53 bits per heavy atom. The number of aromatic nitrogens is 1. The molecule has 3 N–H and O–H groups in total. The van der Waals surface area contributed by atoms with Gasteiger partial charge in [0.15, 0.2) is 0 Å². The van der Waals surface area contributed by atoms with Crippen molar-refractivity contribution in [2.24, 2.45) is 5.84 Å². The molecule has 1 aromatic heterocycles. The van der Waals surface area contributed by atoms with Crippen LogP contribution in [-0.4, -0.2) is 4.98 Å². The summed E-state index contributed by atoms with van der Waals surface area (Å²) in [7, 11) is 0. The van der Waals surface area contributed by atoms with Crippen LogP contribution < -0.4 is 11.3 Å². The van der Waals surface area contributed by atoms with Gasteiger partial charge in [0.05, 0.1) is 11.6 Å². The molecule has 1 heterocycles. The van der Waals surface area contributed by atoms with Crippen molar-refractivity contribution in [1.29, 1.82) is 0 Å². The van der Waals surface area contributed by atoms with Gasteiger partial charge in [-0.3, -0.25) is 16.3 Å². The van der Waals surface area contributed by atoms with Crippen LogP contribution in [0.3, 0.4) is 0 Å². The van der Waals surface area contributed by atoms with E-state index in [4.69, 9.17) is 17.4 Å². The summed E-state index contributed by atoms with van der Waals surface area (Å²) in [6.45, 7) is 0. The van der Waals surface area contributed by atoms with Crippen molar-refractivity contribution in [2.45, 2.75) is 12.5 Å². The van der Waals surface area contributed by atoms with Crippen LogP contribution in [0.4, 0.5) is 0 Å². The van der Waals surface area contributed by atoms with E-state index in [-0.39, 0.29) is 6.04 Å². The highest BCUT2D eigenvalue weighted by molar-refractivity contribution is 9.10. The van der Waals surface area contributed by atoms with Gasteiger partial charge in [-0.2, -0.15) is 0 Å². The van der Waals surface area contributed by atoms with Crippen LogP contribution in [0.2, 0.25) is 5.02 Å². The molecule has 0 bridgehead atoms. The SMILES string of the molecule is NNC(Cc1cncs1)c1cc(Br)ccc1Cl. The van der Waals surface area contributed by atoms with Gasteiger partial charge in [0.2, 0.25) is 0 Å². The summed E-state index contributed by atoms with van der Waals surface area (Å²) in [4.78, 5) is 5.22. The highest BCUT2D eigenvalue weighted by Crippen LogP contribution is 2.28. The van der Waals surface area contributed by atoms with Crippen LogP contribution in [-0.2, 0) is 6.42 Å². The molecule has 1 unspecified atom stereocenters. The maximum absolute atomic E-state index is 6.18. The van der Waals surface area contributed by atoms with E-state index in [0.29, 0.717) is 5.02 Å². The van der Waals surface area contributed by atoms with Crippen LogP contribution in [0.15, 0.2) is 34.4 Å². The molecule has 90 valence electrons. The fourth-order valence-electron chi connectivity index (χ4n) is 1.58. The van der Waals surface area contributed by atoms with Gasteiger partial charge in [0.1, 0.15) is 0 Å². The highest BCUT2D eigenvalue weighted by atomic mass is 79.9. The predicted octanol–water partition coefficient (Wildman–Crippen LogP) is 3.31. The lowest BCUT2D eigenvalue weighted by molar-refractivity contribution is 0.555. The van der Waals surface area contributed by atoms with Gasteiger partial charge in [0, 0.05) is 27.0 Å². The molecule has 2 aromatic rings. The Bertz CT molecular complexity index is 489. The predicted molar refractivity (Wildman–Crippen MR) is 75.0 cm³/mol. The third kappa shape index (κ3) is 3.26. The summed E-state index contributed by atoms with van der Waals surface area (Å²) < 4.78 is 0.987. The van der Waals surface area contributed by atoms with Crippen LogP contribution in [0.5, 0.6) is 0 Å². The minimum Gasteiger partial charge on any atom is -0.271 e. The summed E-state index contributed by atoms with van der Waals surface area (Å²) >= 11 is 11.2. The van der Waals surface area contributed by atoms with Crippen LogP contribution in [0.25, 0.3) is 0 Å². The smallest absolute Gasteiger partial charge is 0.0794 e. The maximum Gasteiger partial charge on any atom is 0.0794 e. The van der Waals surface area contributed by atoms with Crippen molar-refractivity contribution in [3.05, 3.63) is 49.8 Å². The molecule has 0 saturated carbocycles. The first-order valence-electron chi connectivity index (χ1n) is 4.99. The van der Waals surface area contributed by atoms with Crippen LogP contribution in [0, 0.1) is 0 Å². The van der Waals surface area contributed by atoms with Crippen molar-refractivity contribution in [3.8, 4) is 0 Å². The molecule has 1 aromatic carbocycles. The zero-order valence-electron chi connectivity index (χ0n) is 8.86. The van der Waals surface area contributed by atoms with Crippen molar-refractivity contribution in [2.75, 3.05) is 0 Å². The Balaban J connectivity index is 2.25. The topological polar surface area (TPSA) is 50.9 Å². The Kier molecular flexibility index (Phi) is 4.53. The third-order valence-corrected chi connectivity index (χ3v) is 4.06. The molecule has 0 saturated heterocycles. The lowest BCUT2D eigenvalue weighted by atomic mass is 10.0. The van der Waals surface area contributed by atoms with Gasteiger partial charge in [-0.15, -0.1) is 11.3 Å². The van der Waals surface area contributed by atoms with E-state index in [0.717, 1.165) is 16.5 Å². The normalized spacial score (nSPS) is 12.6. The standard InChI is InChI=1S/C11H11BrClN3S/c12-7-1-2-10(13)9(3-7)11(16-14)4-8-5-15-6-17-8/h1-3,5-6,11,16H,4,14H2. The first-order chi connectivity index (χ1) is 8.20. The molecule has 2 rings (SSSR count). The summed E-state index contributed by atoms with van der Waals surface area (Å²) in [5, 5.41) is 0.709. The third-order valence-electron chi connectivity index (χ3n) is 2.42. The highest BCUT2D eigenvalue weighted by Gasteiger charge is 2.15. The molecule has 0 spiro atoms. The number of halogens is 2. The van der Waals surface area contributed by atoms with Gasteiger partial charge < -0.3 is 0 Å². The van der Waals surface area contributed by atoms with Crippen molar-refractivity contribution in [3.63, 3.8) is 0 Å². The average Bonchev–Trinajstić information content (AvgIpc) is 2.82. The number of benzene rings is 1. The second-order valence-corrected chi connectivity index (χ2v) is 5.85. The molecular weight excluding hydrogens is 322 g/mol. The van der Waals surface area contributed by atoms with Gasteiger partial charge in [0.25, 0.3) is 0 Å². The second kappa shape index (κ2) is 5.93. The molecule has 0 aliphatic rings. The lowest BCUT2D eigenvalue weighted by Gasteiger charge is -2.17. The number of nitrogens with zero attached hydrogens (tertiary/aromatic N) is 1. The van der Waals surface area contributed by atoms with Gasteiger partial charge in [-0.05, 0) is 23.8 Å². The first-order valence-corrected chi connectivity index (χ1v) is 7.04. The van der Waals surface area contributed by atoms with E-state index in [1.807, 2.05) is 29.9 Å². The van der Waals surface area contributed by atoms with E-state index in [2.05, 4.69) is 26.3 Å². The van der Waals surface area contributed by atoms with Gasteiger partial charge in [-0.1, -0.05) is 27.5 Å². The molecule has 6 heteroatoms. The van der Waals surface area contributed by atoms with Crippen LogP contribution >= 0.6 is 38.9 Å². The molecule has 0 aliphatic heterocycles. The maximum atomic E-state index is 6.18. The van der Waals surface area contributed by atoms with E-state index < -0.39 is 0 Å². The molecule has 1 atom stereocenters. The molecule has 0 aliphatic carbocycles. The summed E-state index contributed by atoms with van der Waals surface area (Å²) in [5.41, 5.74) is 5.59. The monoisotopic (exact) mass is 331 g/mol. The largest absolute Gasteiger partial charge is 0.271 e. The van der Waals surface area contributed by atoms with Gasteiger partial charge >= 0.3 is 0 Å². The summed E-state index contributed by atoms with van der Waals surface area (Å²) in [5.74, 6) is 5.60. The summed E-state index contributed by atoms with van der Waals surface area (Å²) in [6, 6.07) is 5.73. The quantitative estimate of drug-likeness (QED) is 0.667. The number of nitrogens with two attached hydrogens (primary N) is 1. The molecule has 0 radical (unpaired) electrons. The Morgan fingerprint density at radius 2 is 2.35 bits per heavy atom. The van der Waals surface area contributed by atoms with E-state index in [1.54, 1.807) is 11.3 Å². The van der Waals surface area contributed by atoms with E-state index in [9.17, 15) is 0 Å². The fraction of sp³-hybridized carbons (Fsp3) is 0.182. The molecule has 0 fully saturated rings. The Morgan fingerprint density at radius 3 is 3.00 bits per heavy atom. The fourth-order valence-corrected chi connectivity index (χ4v) is 2.85. The summed E-state index contributed by atoms with van der Waals surface area (Å²) in [6.07, 6.45) is 2.62. The van der Waals surface area contributed by atoms with Crippen molar-refractivity contribution < 1.29 is 0 Å². The zero-order valence-corrected chi connectivity index (χ0v) is 12.0. The number of thiazole rings is 1. The van der Waals surface area contributed by atoms with E-state index >= 15 is 0 Å². The average molecular weight is 333 g/mol. The molecule has 17 heavy (non-hydrogen) atoms. The minimum atomic E-state index is -0.0135.